The highest BCUT2D eigenvalue weighted by Crippen LogP contribution is 2.26. The first-order chi connectivity index (χ1) is 11.5. The van der Waals surface area contributed by atoms with Gasteiger partial charge in [0.25, 0.3) is 11.6 Å². The van der Waals surface area contributed by atoms with Crippen LogP contribution >= 0.6 is 0 Å². The summed E-state index contributed by atoms with van der Waals surface area (Å²) in [5.41, 5.74) is 1.68. The third-order valence-electron chi connectivity index (χ3n) is 3.30. The van der Waals surface area contributed by atoms with Gasteiger partial charge in [-0.05, 0) is 25.5 Å². The van der Waals surface area contributed by atoms with Crippen LogP contribution in [0.2, 0.25) is 0 Å². The highest BCUT2D eigenvalue weighted by molar-refractivity contribution is 5.77. The van der Waals surface area contributed by atoms with Crippen molar-refractivity contribution in [1.82, 2.24) is 5.32 Å². The van der Waals surface area contributed by atoms with Crippen molar-refractivity contribution in [3.63, 3.8) is 0 Å². The van der Waals surface area contributed by atoms with E-state index in [1.165, 1.54) is 12.1 Å². The second-order valence-electron chi connectivity index (χ2n) is 5.72. The lowest BCUT2D eigenvalue weighted by atomic mass is 10.0. The van der Waals surface area contributed by atoms with Crippen molar-refractivity contribution in [3.8, 4) is 5.75 Å². The number of nitro benzene ring substituents is 1. The van der Waals surface area contributed by atoms with Gasteiger partial charge in [-0.1, -0.05) is 30.3 Å². The van der Waals surface area contributed by atoms with Crippen LogP contribution in [0.5, 0.6) is 5.75 Å². The Balaban J connectivity index is 2.19. The summed E-state index contributed by atoms with van der Waals surface area (Å²) in [7, 11) is 0. The number of hydrogen-bond donors (Lipinski definition) is 1. The van der Waals surface area contributed by atoms with E-state index < -0.39 is 4.92 Å². The normalized spacial score (nSPS) is 10.5. The number of benzene rings is 2. The minimum absolute atomic E-state index is 0.0000805. The van der Waals surface area contributed by atoms with E-state index >= 15 is 0 Å². The van der Waals surface area contributed by atoms with E-state index in [4.69, 9.17) is 4.74 Å². The lowest BCUT2D eigenvalue weighted by molar-refractivity contribution is -0.384. The van der Waals surface area contributed by atoms with Gasteiger partial charge < -0.3 is 10.1 Å². The molecule has 0 fully saturated rings. The van der Waals surface area contributed by atoms with Gasteiger partial charge in [-0.2, -0.15) is 0 Å². The van der Waals surface area contributed by atoms with E-state index in [-0.39, 0.29) is 24.2 Å². The van der Waals surface area contributed by atoms with Gasteiger partial charge in [-0.15, -0.1) is 0 Å². The molecule has 2 aromatic rings. The summed E-state index contributed by atoms with van der Waals surface area (Å²) in [6.45, 7) is 3.60. The fraction of sp³-hybridized carbons (Fsp3) is 0.278. The first kappa shape index (κ1) is 17.5. The standard InChI is InChI=1S/C18H20N2O4/c1-13(2)19-18(21)12-24-17-9-8-16(20(22)23)11-15(17)10-14-6-4-3-5-7-14/h3-9,11,13H,10,12H2,1-2H3,(H,19,21). The molecule has 1 N–H and O–H groups in total. The number of rotatable bonds is 7. The van der Waals surface area contributed by atoms with Gasteiger partial charge in [0.1, 0.15) is 5.75 Å². The monoisotopic (exact) mass is 328 g/mol. The smallest absolute Gasteiger partial charge is 0.269 e. The van der Waals surface area contributed by atoms with E-state index in [2.05, 4.69) is 5.32 Å². The van der Waals surface area contributed by atoms with Gasteiger partial charge in [-0.3, -0.25) is 14.9 Å². The zero-order chi connectivity index (χ0) is 17.5. The minimum atomic E-state index is -0.441. The molecule has 0 spiro atoms. The molecule has 0 aromatic heterocycles. The molecule has 0 unspecified atom stereocenters. The molecular weight excluding hydrogens is 308 g/mol. The molecule has 2 aromatic carbocycles. The molecule has 2 rings (SSSR count). The number of nitrogens with zero attached hydrogens (tertiary/aromatic N) is 1. The summed E-state index contributed by atoms with van der Waals surface area (Å²) < 4.78 is 5.57. The van der Waals surface area contributed by atoms with Crippen LogP contribution in [0.15, 0.2) is 48.5 Å². The number of nitro groups is 1. The van der Waals surface area contributed by atoms with Gasteiger partial charge >= 0.3 is 0 Å². The van der Waals surface area contributed by atoms with Gasteiger partial charge in [0, 0.05) is 30.2 Å². The van der Waals surface area contributed by atoms with Crippen LogP contribution in [-0.2, 0) is 11.2 Å². The van der Waals surface area contributed by atoms with E-state index in [9.17, 15) is 14.9 Å². The fourth-order valence-corrected chi connectivity index (χ4v) is 2.28. The molecule has 0 aliphatic heterocycles. The lowest BCUT2D eigenvalue weighted by Crippen LogP contribution is -2.34. The van der Waals surface area contributed by atoms with Crippen LogP contribution in [0.4, 0.5) is 5.69 Å². The Hall–Kier alpha value is -2.89. The zero-order valence-electron chi connectivity index (χ0n) is 13.7. The van der Waals surface area contributed by atoms with E-state index in [0.29, 0.717) is 17.7 Å². The van der Waals surface area contributed by atoms with Crippen LogP contribution in [0.25, 0.3) is 0 Å². The van der Waals surface area contributed by atoms with Crippen LogP contribution in [0, 0.1) is 10.1 Å². The van der Waals surface area contributed by atoms with E-state index in [1.807, 2.05) is 44.2 Å². The highest BCUT2D eigenvalue weighted by Gasteiger charge is 2.14. The summed E-state index contributed by atoms with van der Waals surface area (Å²) in [5.74, 6) is 0.248. The Morgan fingerprint density at radius 3 is 2.54 bits per heavy atom. The number of ether oxygens (including phenoxy) is 1. The third kappa shape index (κ3) is 5.08. The average Bonchev–Trinajstić information content (AvgIpc) is 2.54. The average molecular weight is 328 g/mol. The second kappa shape index (κ2) is 8.10. The summed E-state index contributed by atoms with van der Waals surface area (Å²) in [4.78, 5) is 22.3. The molecule has 0 saturated carbocycles. The Bertz CT molecular complexity index is 714. The van der Waals surface area contributed by atoms with Crippen LogP contribution < -0.4 is 10.1 Å². The molecule has 1 amide bonds. The zero-order valence-corrected chi connectivity index (χ0v) is 13.7. The van der Waals surface area contributed by atoms with Crippen LogP contribution in [0.3, 0.4) is 0 Å². The third-order valence-corrected chi connectivity index (χ3v) is 3.30. The van der Waals surface area contributed by atoms with Crippen molar-refractivity contribution in [2.24, 2.45) is 0 Å². The molecule has 6 heteroatoms. The predicted molar refractivity (Wildman–Crippen MR) is 91.1 cm³/mol. The van der Waals surface area contributed by atoms with Crippen molar-refractivity contribution >= 4 is 11.6 Å². The molecule has 126 valence electrons. The molecule has 0 saturated heterocycles. The van der Waals surface area contributed by atoms with Crippen LogP contribution in [-0.4, -0.2) is 23.5 Å². The van der Waals surface area contributed by atoms with Gasteiger partial charge in [0.2, 0.25) is 0 Å². The van der Waals surface area contributed by atoms with E-state index in [1.54, 1.807) is 6.07 Å². The largest absolute Gasteiger partial charge is 0.483 e. The summed E-state index contributed by atoms with van der Waals surface area (Å²) >= 11 is 0. The maximum Gasteiger partial charge on any atom is 0.269 e. The van der Waals surface area contributed by atoms with Crippen molar-refractivity contribution < 1.29 is 14.5 Å². The van der Waals surface area contributed by atoms with Crippen molar-refractivity contribution in [2.75, 3.05) is 6.61 Å². The van der Waals surface area contributed by atoms with Gasteiger partial charge in [-0.25, -0.2) is 0 Å². The summed E-state index contributed by atoms with van der Waals surface area (Å²) in [6.07, 6.45) is 0.490. The molecule has 24 heavy (non-hydrogen) atoms. The SMILES string of the molecule is CC(C)NC(=O)COc1ccc([N+](=O)[O-])cc1Cc1ccccc1. The molecule has 0 atom stereocenters. The first-order valence-electron chi connectivity index (χ1n) is 7.69. The summed E-state index contributed by atoms with van der Waals surface area (Å²) in [6, 6.07) is 14.0. The molecule has 0 aliphatic rings. The number of hydrogen-bond acceptors (Lipinski definition) is 4. The first-order valence-corrected chi connectivity index (χ1v) is 7.69. The second-order valence-corrected chi connectivity index (χ2v) is 5.72. The Morgan fingerprint density at radius 1 is 1.21 bits per heavy atom. The molecule has 6 nitrogen and oxygen atoms in total. The number of nitrogens with one attached hydrogen (secondary N) is 1. The fourth-order valence-electron chi connectivity index (χ4n) is 2.28. The number of amides is 1. The minimum Gasteiger partial charge on any atom is -0.483 e. The van der Waals surface area contributed by atoms with Gasteiger partial charge in [0.15, 0.2) is 6.61 Å². The van der Waals surface area contributed by atoms with E-state index in [0.717, 1.165) is 5.56 Å². The lowest BCUT2D eigenvalue weighted by Gasteiger charge is -2.13. The topological polar surface area (TPSA) is 81.5 Å². The van der Waals surface area contributed by atoms with Crippen molar-refractivity contribution in [1.29, 1.82) is 0 Å². The Morgan fingerprint density at radius 2 is 1.92 bits per heavy atom. The molecule has 0 heterocycles. The number of carbonyl (C=O) groups excluding carboxylic acids is 1. The van der Waals surface area contributed by atoms with Crippen LogP contribution in [0.1, 0.15) is 25.0 Å². The van der Waals surface area contributed by atoms with Crippen molar-refractivity contribution in [2.45, 2.75) is 26.3 Å². The predicted octanol–water partition coefficient (Wildman–Crippen LogP) is 3.09. The van der Waals surface area contributed by atoms with Gasteiger partial charge in [0.05, 0.1) is 4.92 Å². The molecule has 0 bridgehead atoms. The quantitative estimate of drug-likeness (QED) is 0.625. The molecular formula is C18H20N2O4. The Labute approximate surface area is 140 Å². The highest BCUT2D eigenvalue weighted by atomic mass is 16.6. The molecule has 0 aliphatic carbocycles. The summed E-state index contributed by atoms with van der Waals surface area (Å²) in [5, 5.41) is 13.7. The number of carbonyl (C=O) groups is 1. The Kier molecular flexibility index (Phi) is 5.89. The van der Waals surface area contributed by atoms with Crippen molar-refractivity contribution in [3.05, 3.63) is 69.8 Å². The number of non-ortho nitro benzene ring substituents is 1. The maximum absolute atomic E-state index is 11.7. The maximum atomic E-state index is 11.7. The molecule has 0 radical (unpaired) electrons.